The molecule has 1 aliphatic carbocycles. The topological polar surface area (TPSA) is 61.4 Å². The van der Waals surface area contributed by atoms with Crippen LogP contribution in [0.4, 0.5) is 11.4 Å². The van der Waals surface area contributed by atoms with Gasteiger partial charge in [-0.2, -0.15) is 0 Å². The number of carbonyl (C=O) groups excluding carboxylic acids is 2. The Kier molecular flexibility index (Phi) is 5.67. The monoisotopic (exact) mass is 391 g/mol. The molecule has 1 heterocycles. The van der Waals surface area contributed by atoms with Crippen LogP contribution in [0.1, 0.15) is 55.8 Å². The van der Waals surface area contributed by atoms with E-state index in [-0.39, 0.29) is 30.4 Å². The second-order valence-corrected chi connectivity index (χ2v) is 8.22. The van der Waals surface area contributed by atoms with Crippen LogP contribution in [0.2, 0.25) is 0 Å². The van der Waals surface area contributed by atoms with Crippen LogP contribution in [-0.2, 0) is 22.4 Å². The molecule has 152 valence electrons. The summed E-state index contributed by atoms with van der Waals surface area (Å²) in [7, 11) is 0. The minimum absolute atomic E-state index is 0.0220. The first-order valence-corrected chi connectivity index (χ1v) is 10.6. The van der Waals surface area contributed by atoms with Gasteiger partial charge in [0.15, 0.2) is 0 Å². The molecule has 0 saturated carbocycles. The van der Waals surface area contributed by atoms with Crippen molar-refractivity contribution in [3.05, 3.63) is 59.2 Å². The van der Waals surface area contributed by atoms with Gasteiger partial charge >= 0.3 is 0 Å². The van der Waals surface area contributed by atoms with Crippen molar-refractivity contribution in [2.75, 3.05) is 16.8 Å². The fraction of sp³-hybridized carbons (Fsp3) is 0.417. The standard InChI is InChI=1S/C24H29N3O2/c1-16-13-23(28)26-21-9-5-6-10-22(21)27(16)24(29)15-25-17(2)19-12-11-18-7-3-4-8-20(18)14-19/h5-6,9-12,14,16-17,25H,3-4,7-8,13,15H2,1-2H3,(H,26,28). The SMILES string of the molecule is CC(NCC(=O)N1c2ccccc2NC(=O)CC1C)c1ccc2c(c1)CCCC2. The van der Waals surface area contributed by atoms with Crippen LogP contribution in [-0.4, -0.2) is 24.4 Å². The van der Waals surface area contributed by atoms with Crippen LogP contribution in [0.5, 0.6) is 0 Å². The van der Waals surface area contributed by atoms with Gasteiger partial charge in [0.2, 0.25) is 11.8 Å². The fourth-order valence-corrected chi connectivity index (χ4v) is 4.43. The van der Waals surface area contributed by atoms with Gasteiger partial charge in [0.1, 0.15) is 0 Å². The predicted molar refractivity (Wildman–Crippen MR) is 116 cm³/mol. The molecule has 5 nitrogen and oxygen atoms in total. The number of nitrogens with one attached hydrogen (secondary N) is 2. The van der Waals surface area contributed by atoms with E-state index in [9.17, 15) is 9.59 Å². The third-order valence-electron chi connectivity index (χ3n) is 6.06. The fourth-order valence-electron chi connectivity index (χ4n) is 4.43. The van der Waals surface area contributed by atoms with E-state index in [4.69, 9.17) is 0 Å². The van der Waals surface area contributed by atoms with Gasteiger partial charge in [0.05, 0.1) is 17.9 Å². The Bertz CT molecular complexity index is 924. The Labute approximate surface area is 172 Å². The van der Waals surface area contributed by atoms with Crippen LogP contribution in [0.15, 0.2) is 42.5 Å². The van der Waals surface area contributed by atoms with Crippen molar-refractivity contribution in [3.8, 4) is 0 Å². The summed E-state index contributed by atoms with van der Waals surface area (Å²) in [5.74, 6) is -0.0816. The zero-order valence-electron chi connectivity index (χ0n) is 17.2. The highest BCUT2D eigenvalue weighted by molar-refractivity contribution is 6.04. The van der Waals surface area contributed by atoms with Gasteiger partial charge in [-0.15, -0.1) is 0 Å². The Balaban J connectivity index is 1.47. The lowest BCUT2D eigenvalue weighted by Crippen LogP contribution is -2.44. The lowest BCUT2D eigenvalue weighted by Gasteiger charge is -2.28. The first-order chi connectivity index (χ1) is 14.0. The largest absolute Gasteiger partial charge is 0.324 e. The van der Waals surface area contributed by atoms with Crippen molar-refractivity contribution in [2.24, 2.45) is 0 Å². The van der Waals surface area contributed by atoms with Crippen LogP contribution in [0.25, 0.3) is 0 Å². The van der Waals surface area contributed by atoms with E-state index in [1.165, 1.54) is 36.0 Å². The summed E-state index contributed by atoms with van der Waals surface area (Å²) in [6, 6.07) is 14.1. The minimum atomic E-state index is -0.188. The lowest BCUT2D eigenvalue weighted by atomic mass is 9.89. The Morgan fingerprint density at radius 3 is 2.76 bits per heavy atom. The second-order valence-electron chi connectivity index (χ2n) is 8.22. The minimum Gasteiger partial charge on any atom is -0.324 e. The third kappa shape index (κ3) is 4.20. The number of amides is 2. The second kappa shape index (κ2) is 8.37. The number of rotatable bonds is 4. The number of carbonyl (C=O) groups is 2. The van der Waals surface area contributed by atoms with Crippen LogP contribution < -0.4 is 15.5 Å². The summed E-state index contributed by atoms with van der Waals surface area (Å²) < 4.78 is 0. The highest BCUT2D eigenvalue weighted by Gasteiger charge is 2.29. The van der Waals surface area contributed by atoms with E-state index in [1.807, 2.05) is 31.2 Å². The average molecular weight is 392 g/mol. The zero-order valence-corrected chi connectivity index (χ0v) is 17.2. The highest BCUT2D eigenvalue weighted by Crippen LogP contribution is 2.31. The molecule has 2 aromatic carbocycles. The summed E-state index contributed by atoms with van der Waals surface area (Å²) in [5.41, 5.74) is 5.60. The molecule has 2 aliphatic rings. The van der Waals surface area contributed by atoms with E-state index < -0.39 is 0 Å². The molecule has 0 fully saturated rings. The van der Waals surface area contributed by atoms with Crippen molar-refractivity contribution in [2.45, 2.75) is 58.0 Å². The maximum absolute atomic E-state index is 13.1. The Morgan fingerprint density at radius 2 is 1.93 bits per heavy atom. The molecule has 1 aliphatic heterocycles. The molecular formula is C24H29N3O2. The number of hydrogen-bond donors (Lipinski definition) is 2. The molecule has 0 saturated heterocycles. The van der Waals surface area contributed by atoms with Crippen LogP contribution in [0.3, 0.4) is 0 Å². The first-order valence-electron chi connectivity index (χ1n) is 10.6. The first kappa shape index (κ1) is 19.6. The van der Waals surface area contributed by atoms with Crippen molar-refractivity contribution < 1.29 is 9.59 Å². The molecule has 5 heteroatoms. The van der Waals surface area contributed by atoms with E-state index in [2.05, 4.69) is 35.8 Å². The van der Waals surface area contributed by atoms with Crippen LogP contribution in [0, 0.1) is 0 Å². The third-order valence-corrected chi connectivity index (χ3v) is 6.06. The summed E-state index contributed by atoms with van der Waals surface area (Å²) in [6.45, 7) is 4.25. The summed E-state index contributed by atoms with van der Waals surface area (Å²) in [4.78, 5) is 27.0. The van der Waals surface area contributed by atoms with Gasteiger partial charge in [-0.1, -0.05) is 30.3 Å². The number of fused-ring (bicyclic) bond motifs is 2. The summed E-state index contributed by atoms with van der Waals surface area (Å²) in [6.07, 6.45) is 5.16. The van der Waals surface area contributed by atoms with Gasteiger partial charge in [-0.3, -0.25) is 9.59 Å². The molecule has 29 heavy (non-hydrogen) atoms. The maximum atomic E-state index is 13.1. The Morgan fingerprint density at radius 1 is 1.17 bits per heavy atom. The normalized spacial score (nSPS) is 19.6. The van der Waals surface area contributed by atoms with E-state index in [0.29, 0.717) is 12.1 Å². The van der Waals surface area contributed by atoms with Gasteiger partial charge in [-0.25, -0.2) is 0 Å². The van der Waals surface area contributed by atoms with Gasteiger partial charge in [-0.05, 0) is 68.4 Å². The van der Waals surface area contributed by atoms with Crippen molar-refractivity contribution in [3.63, 3.8) is 0 Å². The summed E-state index contributed by atoms with van der Waals surface area (Å²) >= 11 is 0. The Hall–Kier alpha value is -2.66. The maximum Gasteiger partial charge on any atom is 0.241 e. The molecule has 2 atom stereocenters. The van der Waals surface area contributed by atoms with E-state index >= 15 is 0 Å². The molecule has 2 amide bonds. The smallest absolute Gasteiger partial charge is 0.241 e. The molecule has 0 radical (unpaired) electrons. The van der Waals surface area contributed by atoms with Crippen molar-refractivity contribution in [1.82, 2.24) is 5.32 Å². The predicted octanol–water partition coefficient (Wildman–Crippen LogP) is 3.98. The van der Waals surface area contributed by atoms with Gasteiger partial charge in [0.25, 0.3) is 0 Å². The average Bonchev–Trinajstić information content (AvgIpc) is 2.85. The number of anilines is 2. The highest BCUT2D eigenvalue weighted by atomic mass is 16.2. The number of para-hydroxylation sites is 2. The van der Waals surface area contributed by atoms with Crippen molar-refractivity contribution >= 4 is 23.2 Å². The van der Waals surface area contributed by atoms with Gasteiger partial charge < -0.3 is 15.5 Å². The molecule has 0 bridgehead atoms. The van der Waals surface area contributed by atoms with Crippen LogP contribution >= 0.6 is 0 Å². The zero-order chi connectivity index (χ0) is 20.4. The number of benzene rings is 2. The number of hydrogen-bond acceptors (Lipinski definition) is 3. The molecule has 2 unspecified atom stereocenters. The molecule has 4 rings (SSSR count). The van der Waals surface area contributed by atoms with Crippen molar-refractivity contribution in [1.29, 1.82) is 0 Å². The van der Waals surface area contributed by atoms with Gasteiger partial charge in [0, 0.05) is 18.5 Å². The lowest BCUT2D eigenvalue weighted by molar-refractivity contribution is -0.118. The van der Waals surface area contributed by atoms with E-state index in [1.54, 1.807) is 4.90 Å². The molecular weight excluding hydrogens is 362 g/mol. The number of nitrogens with zero attached hydrogens (tertiary/aromatic N) is 1. The number of aryl methyl sites for hydroxylation is 2. The summed E-state index contributed by atoms with van der Waals surface area (Å²) in [5, 5.41) is 6.29. The molecule has 2 N–H and O–H groups in total. The molecule has 0 spiro atoms. The quantitative estimate of drug-likeness (QED) is 0.829. The van der Waals surface area contributed by atoms with E-state index in [0.717, 1.165) is 12.1 Å². The molecule has 2 aromatic rings. The molecule has 0 aromatic heterocycles.